The Labute approximate surface area is 214 Å². The molecule has 10 nitrogen and oxygen atoms in total. The molecule has 2 fully saturated rings. The molecule has 37 heavy (non-hydrogen) atoms. The summed E-state index contributed by atoms with van der Waals surface area (Å²) in [6.45, 7) is 5.52. The van der Waals surface area contributed by atoms with Crippen LogP contribution in [0.15, 0.2) is 36.5 Å². The highest BCUT2D eigenvalue weighted by Gasteiger charge is 2.53. The van der Waals surface area contributed by atoms with Crippen molar-refractivity contribution in [2.45, 2.75) is 70.6 Å². The number of pyridine rings is 1. The second-order valence-electron chi connectivity index (χ2n) is 10.9. The summed E-state index contributed by atoms with van der Waals surface area (Å²) in [5.41, 5.74) is -0.477. The number of benzene rings is 1. The third-order valence-electron chi connectivity index (χ3n) is 7.27. The van der Waals surface area contributed by atoms with Crippen molar-refractivity contribution in [3.05, 3.63) is 42.2 Å². The highest BCUT2D eigenvalue weighted by Crippen LogP contribution is 2.43. The number of likely N-dealkylation sites (tertiary alicyclic amines) is 1. The number of aliphatic carboxylic acids is 1. The van der Waals surface area contributed by atoms with Gasteiger partial charge in [0.05, 0.1) is 12.5 Å². The van der Waals surface area contributed by atoms with Crippen molar-refractivity contribution in [1.29, 1.82) is 0 Å². The van der Waals surface area contributed by atoms with Gasteiger partial charge in [0.1, 0.15) is 24.1 Å². The third kappa shape index (κ3) is 5.33. The van der Waals surface area contributed by atoms with Crippen molar-refractivity contribution >= 4 is 40.7 Å². The number of carboxylic acid groups (broad SMARTS) is 1. The molecule has 2 bridgehead atoms. The first-order valence-corrected chi connectivity index (χ1v) is 12.5. The van der Waals surface area contributed by atoms with Crippen molar-refractivity contribution in [2.24, 2.45) is 11.3 Å². The first-order valence-electron chi connectivity index (χ1n) is 12.5. The van der Waals surface area contributed by atoms with Gasteiger partial charge < -0.3 is 25.4 Å². The van der Waals surface area contributed by atoms with E-state index >= 15 is 0 Å². The first-order chi connectivity index (χ1) is 17.5. The summed E-state index contributed by atoms with van der Waals surface area (Å²) < 4.78 is 0. The molecule has 3 N–H and O–H groups in total. The van der Waals surface area contributed by atoms with Gasteiger partial charge in [-0.2, -0.15) is 0 Å². The lowest BCUT2D eigenvalue weighted by Gasteiger charge is -2.40. The van der Waals surface area contributed by atoms with Crippen LogP contribution in [0.5, 0.6) is 0 Å². The zero-order valence-electron chi connectivity index (χ0n) is 21.1. The molecule has 1 saturated heterocycles. The molecule has 1 aromatic carbocycles. The number of fused-ring (bicyclic) bond motifs is 3. The van der Waals surface area contributed by atoms with Crippen LogP contribution in [0.25, 0.3) is 10.8 Å². The fourth-order valence-electron chi connectivity index (χ4n) is 5.53. The summed E-state index contributed by atoms with van der Waals surface area (Å²) in [5, 5.41) is 15.9. The van der Waals surface area contributed by atoms with E-state index in [4.69, 9.17) is 5.11 Å². The van der Waals surface area contributed by atoms with Gasteiger partial charge in [-0.05, 0) is 42.0 Å². The number of carbonyl (C=O) groups excluding carboxylic acids is 4. The van der Waals surface area contributed by atoms with Gasteiger partial charge in [-0.15, -0.1) is 0 Å². The molecule has 2 heterocycles. The van der Waals surface area contributed by atoms with Gasteiger partial charge in [0.25, 0.3) is 5.91 Å². The lowest BCUT2D eigenvalue weighted by Crippen LogP contribution is -2.61. The van der Waals surface area contributed by atoms with Crippen LogP contribution in [0.4, 0.5) is 0 Å². The SMILES string of the molecule is CC(C)(C)[C@H](NC(=O)c1nccc2ccccc12)C(=O)N1[C@@H]2CC[C@@H](C2)[C@H]1C(=O)N[C@H](C=O)CC(=O)O. The van der Waals surface area contributed by atoms with Crippen molar-refractivity contribution < 1.29 is 29.1 Å². The van der Waals surface area contributed by atoms with Gasteiger partial charge in [0.2, 0.25) is 11.8 Å². The maximum atomic E-state index is 14.0. The third-order valence-corrected chi connectivity index (χ3v) is 7.27. The fourth-order valence-corrected chi connectivity index (χ4v) is 5.53. The van der Waals surface area contributed by atoms with E-state index in [1.165, 1.54) is 0 Å². The van der Waals surface area contributed by atoms with Crippen LogP contribution in [0.1, 0.15) is 56.9 Å². The van der Waals surface area contributed by atoms with Crippen molar-refractivity contribution in [3.63, 3.8) is 0 Å². The molecule has 0 spiro atoms. The number of nitrogens with zero attached hydrogens (tertiary/aromatic N) is 2. The van der Waals surface area contributed by atoms with E-state index in [1.54, 1.807) is 23.2 Å². The molecule has 196 valence electrons. The largest absolute Gasteiger partial charge is 0.481 e. The predicted molar refractivity (Wildman–Crippen MR) is 134 cm³/mol. The molecule has 1 aliphatic carbocycles. The Bertz CT molecular complexity index is 1230. The fraction of sp³-hybridized carbons (Fsp3) is 0.481. The van der Waals surface area contributed by atoms with E-state index < -0.39 is 47.7 Å². The van der Waals surface area contributed by atoms with Gasteiger partial charge in [-0.1, -0.05) is 45.0 Å². The van der Waals surface area contributed by atoms with Crippen LogP contribution in [0, 0.1) is 11.3 Å². The maximum absolute atomic E-state index is 14.0. The number of nitrogens with one attached hydrogen (secondary N) is 2. The molecule has 2 aromatic rings. The molecule has 0 radical (unpaired) electrons. The first kappa shape index (κ1) is 26.2. The highest BCUT2D eigenvalue weighted by molar-refractivity contribution is 6.06. The Morgan fingerprint density at radius 3 is 2.54 bits per heavy atom. The number of rotatable bonds is 8. The van der Waals surface area contributed by atoms with Gasteiger partial charge in [0.15, 0.2) is 0 Å². The van der Waals surface area contributed by atoms with E-state index in [2.05, 4.69) is 15.6 Å². The van der Waals surface area contributed by atoms with Gasteiger partial charge in [-0.3, -0.25) is 24.2 Å². The maximum Gasteiger partial charge on any atom is 0.305 e. The van der Waals surface area contributed by atoms with Crippen molar-refractivity contribution in [2.75, 3.05) is 0 Å². The molecular weight excluding hydrogens is 476 g/mol. The van der Waals surface area contributed by atoms with Crippen LogP contribution in [0.3, 0.4) is 0 Å². The number of aldehydes is 1. The van der Waals surface area contributed by atoms with Gasteiger partial charge >= 0.3 is 5.97 Å². The van der Waals surface area contributed by atoms with E-state index in [0.29, 0.717) is 18.1 Å². The lowest BCUT2D eigenvalue weighted by atomic mass is 9.84. The Morgan fingerprint density at radius 2 is 1.86 bits per heavy atom. The van der Waals surface area contributed by atoms with E-state index in [0.717, 1.165) is 18.2 Å². The molecule has 5 atom stereocenters. The summed E-state index contributed by atoms with van der Waals surface area (Å²) in [4.78, 5) is 68.8. The highest BCUT2D eigenvalue weighted by atomic mass is 16.4. The second kappa shape index (κ2) is 10.3. The minimum absolute atomic E-state index is 0.0952. The number of carboxylic acids is 1. The topological polar surface area (TPSA) is 146 Å². The van der Waals surface area contributed by atoms with Crippen LogP contribution in [-0.2, 0) is 19.2 Å². The normalized spacial score (nSPS) is 22.4. The quantitative estimate of drug-likeness (QED) is 0.462. The predicted octanol–water partition coefficient (Wildman–Crippen LogP) is 1.92. The van der Waals surface area contributed by atoms with E-state index in [-0.39, 0.29) is 23.6 Å². The van der Waals surface area contributed by atoms with E-state index in [9.17, 15) is 24.0 Å². The van der Waals surface area contributed by atoms with Gasteiger partial charge in [0, 0.05) is 17.6 Å². The molecule has 1 aromatic heterocycles. The molecule has 2 aliphatic rings. The van der Waals surface area contributed by atoms with Crippen LogP contribution < -0.4 is 10.6 Å². The summed E-state index contributed by atoms with van der Waals surface area (Å²) in [7, 11) is 0. The molecule has 4 rings (SSSR count). The van der Waals surface area contributed by atoms with E-state index in [1.807, 2.05) is 39.0 Å². The number of carbonyl (C=O) groups is 5. The van der Waals surface area contributed by atoms with Crippen LogP contribution >= 0.6 is 0 Å². The van der Waals surface area contributed by atoms with Gasteiger partial charge in [-0.25, -0.2) is 0 Å². The summed E-state index contributed by atoms with van der Waals surface area (Å²) >= 11 is 0. The summed E-state index contributed by atoms with van der Waals surface area (Å²) in [6.07, 6.45) is 3.53. The molecule has 10 heteroatoms. The average molecular weight is 509 g/mol. The second-order valence-corrected chi connectivity index (χ2v) is 10.9. The Hall–Kier alpha value is -3.82. The monoisotopic (exact) mass is 508 g/mol. The van der Waals surface area contributed by atoms with Crippen molar-refractivity contribution in [3.8, 4) is 0 Å². The number of amides is 3. The number of piperidine rings is 1. The minimum atomic E-state index is -1.21. The number of hydrogen-bond donors (Lipinski definition) is 3. The number of aromatic nitrogens is 1. The molecule has 0 unspecified atom stereocenters. The molecule has 1 saturated carbocycles. The Balaban J connectivity index is 1.60. The smallest absolute Gasteiger partial charge is 0.305 e. The Kier molecular flexibility index (Phi) is 7.29. The summed E-state index contributed by atoms with van der Waals surface area (Å²) in [5.74, 6) is -2.72. The zero-order valence-corrected chi connectivity index (χ0v) is 21.1. The molecule has 3 amide bonds. The zero-order chi connectivity index (χ0) is 26.9. The van der Waals surface area contributed by atoms with Crippen LogP contribution in [0.2, 0.25) is 0 Å². The summed E-state index contributed by atoms with van der Waals surface area (Å²) in [6, 6.07) is 6.03. The number of hydrogen-bond acceptors (Lipinski definition) is 6. The lowest BCUT2D eigenvalue weighted by molar-refractivity contribution is -0.147. The molecular formula is C27H32N4O6. The standard InChI is InChI=1S/C27H32N4O6/c1-27(2,3)23(30-24(35)21-19-7-5-4-6-15(19)10-11-28-21)26(37)31-18-9-8-16(12-18)22(31)25(36)29-17(14-32)13-20(33)34/h4-7,10-11,14,16-18,22-23H,8-9,12-13H2,1-3H3,(H,29,36)(H,30,35)(H,33,34)/t16-,17-,18+,22-,23+/m0/s1. The van der Waals surface area contributed by atoms with Crippen molar-refractivity contribution in [1.82, 2.24) is 20.5 Å². The Morgan fingerprint density at radius 1 is 1.14 bits per heavy atom. The molecule has 1 aliphatic heterocycles. The van der Waals surface area contributed by atoms with Crippen LogP contribution in [-0.4, -0.2) is 69.1 Å². The minimum Gasteiger partial charge on any atom is -0.481 e. The average Bonchev–Trinajstić information content (AvgIpc) is 3.47.